The molecular weight excluding hydrogens is 284 g/mol. The normalized spacial score (nSPS) is 12.2. The fourth-order valence-corrected chi connectivity index (χ4v) is 3.13. The smallest absolute Gasteiger partial charge is 0.205 e. The Balaban J connectivity index is 1.91. The van der Waals surface area contributed by atoms with Crippen LogP contribution in [0.1, 0.15) is 20.3 Å². The maximum atomic E-state index is 11.6. The molecule has 6 nitrogen and oxygen atoms in total. The minimum absolute atomic E-state index is 0.153. The first kappa shape index (κ1) is 14.1. The molecule has 2 aromatic heterocycles. The van der Waals surface area contributed by atoms with E-state index in [9.17, 15) is 8.42 Å². The number of aromatic nitrogens is 4. The Morgan fingerprint density at radius 3 is 2.84 bits per heavy atom. The van der Waals surface area contributed by atoms with Gasteiger partial charge in [-0.25, -0.2) is 8.42 Å². The molecule has 0 bridgehead atoms. The molecule has 0 amide bonds. The maximum Gasteiger partial charge on any atom is 0.205 e. The van der Waals surface area contributed by atoms with Gasteiger partial charge in [0, 0.05) is 10.9 Å². The van der Waals surface area contributed by atoms with Crippen LogP contribution in [0, 0.1) is 0 Å². The molecule has 0 saturated carbocycles. The van der Waals surface area contributed by atoms with E-state index in [0.717, 1.165) is 5.56 Å². The number of hydrogen-bond donors (Lipinski definition) is 0. The van der Waals surface area contributed by atoms with Crippen molar-refractivity contribution >= 4 is 21.2 Å². The van der Waals surface area contributed by atoms with Crippen molar-refractivity contribution in [3.63, 3.8) is 0 Å². The Kier molecular flexibility index (Phi) is 4.31. The van der Waals surface area contributed by atoms with Gasteiger partial charge in [0.2, 0.25) is 5.82 Å². The quantitative estimate of drug-likeness (QED) is 0.810. The summed E-state index contributed by atoms with van der Waals surface area (Å²) in [7, 11) is -2.99. The zero-order chi connectivity index (χ0) is 13.9. The van der Waals surface area contributed by atoms with Gasteiger partial charge in [-0.05, 0) is 36.9 Å². The van der Waals surface area contributed by atoms with Crippen molar-refractivity contribution < 1.29 is 8.42 Å². The predicted molar refractivity (Wildman–Crippen MR) is 74.7 cm³/mol. The van der Waals surface area contributed by atoms with Gasteiger partial charge in [0.25, 0.3) is 0 Å². The van der Waals surface area contributed by atoms with Crippen molar-refractivity contribution in [3.8, 4) is 11.4 Å². The molecule has 0 aliphatic carbocycles. The van der Waals surface area contributed by atoms with E-state index in [4.69, 9.17) is 0 Å². The molecular formula is C11H16N4O2S2. The minimum atomic E-state index is -2.99. The van der Waals surface area contributed by atoms with Gasteiger partial charge in [0.05, 0.1) is 17.5 Å². The highest BCUT2D eigenvalue weighted by Gasteiger charge is 2.15. The van der Waals surface area contributed by atoms with Crippen LogP contribution in [0.25, 0.3) is 11.4 Å². The zero-order valence-corrected chi connectivity index (χ0v) is 12.5. The van der Waals surface area contributed by atoms with Crippen LogP contribution < -0.4 is 0 Å². The standard InChI is InChI=1S/C11H16N4O2S2/c1-9(2)19(16,17)7-3-5-15-13-11(12-14-15)10-4-6-18-8-10/h4,6,8-9H,3,5,7H2,1-2H3. The van der Waals surface area contributed by atoms with Gasteiger partial charge in [0.15, 0.2) is 9.84 Å². The highest BCUT2D eigenvalue weighted by atomic mass is 32.2. The second kappa shape index (κ2) is 5.79. The van der Waals surface area contributed by atoms with Crippen LogP contribution >= 0.6 is 11.3 Å². The molecule has 8 heteroatoms. The van der Waals surface area contributed by atoms with Crippen LogP contribution in [-0.4, -0.2) is 39.6 Å². The number of thiophene rings is 1. The molecule has 0 spiro atoms. The molecule has 0 fully saturated rings. The van der Waals surface area contributed by atoms with Crippen LogP contribution in [0.2, 0.25) is 0 Å². The van der Waals surface area contributed by atoms with Crippen molar-refractivity contribution in [2.24, 2.45) is 0 Å². The Morgan fingerprint density at radius 2 is 2.21 bits per heavy atom. The van der Waals surface area contributed by atoms with E-state index in [1.165, 1.54) is 4.80 Å². The first-order chi connectivity index (χ1) is 8.99. The molecule has 0 atom stereocenters. The fourth-order valence-electron chi connectivity index (χ4n) is 1.49. The Labute approximate surface area is 116 Å². The summed E-state index contributed by atoms with van der Waals surface area (Å²) in [5.41, 5.74) is 0.936. The van der Waals surface area contributed by atoms with Crippen LogP contribution in [0.15, 0.2) is 16.8 Å². The van der Waals surface area contributed by atoms with E-state index in [2.05, 4.69) is 15.4 Å². The van der Waals surface area contributed by atoms with Gasteiger partial charge in [-0.2, -0.15) is 16.1 Å². The SMILES string of the molecule is CC(C)S(=O)(=O)CCCn1nnc(-c2ccsc2)n1. The van der Waals surface area contributed by atoms with Gasteiger partial charge in [-0.3, -0.25) is 0 Å². The van der Waals surface area contributed by atoms with Crippen molar-refractivity contribution in [3.05, 3.63) is 16.8 Å². The van der Waals surface area contributed by atoms with Gasteiger partial charge >= 0.3 is 0 Å². The number of aryl methyl sites for hydroxylation is 1. The summed E-state index contributed by atoms with van der Waals surface area (Å²) in [4.78, 5) is 1.45. The maximum absolute atomic E-state index is 11.6. The molecule has 0 N–H and O–H groups in total. The third kappa shape index (κ3) is 3.60. The van der Waals surface area contributed by atoms with Crippen molar-refractivity contribution in [2.75, 3.05) is 5.75 Å². The Bertz CT molecular complexity index is 617. The van der Waals surface area contributed by atoms with E-state index >= 15 is 0 Å². The predicted octanol–water partition coefficient (Wildman–Crippen LogP) is 1.61. The highest BCUT2D eigenvalue weighted by molar-refractivity contribution is 7.91. The summed E-state index contributed by atoms with van der Waals surface area (Å²) in [5, 5.41) is 15.7. The summed E-state index contributed by atoms with van der Waals surface area (Å²) in [5.74, 6) is 0.730. The average molecular weight is 300 g/mol. The van der Waals surface area contributed by atoms with Crippen molar-refractivity contribution in [2.45, 2.75) is 32.1 Å². The van der Waals surface area contributed by atoms with Crippen LogP contribution in [0.3, 0.4) is 0 Å². The highest BCUT2D eigenvalue weighted by Crippen LogP contribution is 2.16. The number of nitrogens with zero attached hydrogens (tertiary/aromatic N) is 4. The fraction of sp³-hybridized carbons (Fsp3) is 0.545. The largest absolute Gasteiger partial charge is 0.229 e. The van der Waals surface area contributed by atoms with Crippen LogP contribution in [0.4, 0.5) is 0 Å². The van der Waals surface area contributed by atoms with Gasteiger partial charge in [-0.15, -0.1) is 10.2 Å². The van der Waals surface area contributed by atoms with Crippen molar-refractivity contribution in [1.29, 1.82) is 0 Å². The van der Waals surface area contributed by atoms with Gasteiger partial charge < -0.3 is 0 Å². The third-order valence-electron chi connectivity index (χ3n) is 2.74. The first-order valence-corrected chi connectivity index (χ1v) is 8.67. The molecule has 19 heavy (non-hydrogen) atoms. The lowest BCUT2D eigenvalue weighted by Gasteiger charge is -2.06. The molecule has 104 valence electrons. The molecule has 2 aromatic rings. The van der Waals surface area contributed by atoms with Crippen LogP contribution in [0.5, 0.6) is 0 Å². The Morgan fingerprint density at radius 1 is 1.42 bits per heavy atom. The topological polar surface area (TPSA) is 77.7 Å². The van der Waals surface area contributed by atoms with Crippen molar-refractivity contribution in [1.82, 2.24) is 20.2 Å². The zero-order valence-electron chi connectivity index (χ0n) is 10.9. The molecule has 2 heterocycles. The number of sulfone groups is 1. The van der Waals surface area contributed by atoms with E-state index in [1.807, 2.05) is 16.8 Å². The lowest BCUT2D eigenvalue weighted by molar-refractivity contribution is 0.510. The summed E-state index contributed by atoms with van der Waals surface area (Å²) in [6.45, 7) is 3.85. The summed E-state index contributed by atoms with van der Waals surface area (Å²) in [6, 6.07) is 1.93. The van der Waals surface area contributed by atoms with Gasteiger partial charge in [0.1, 0.15) is 0 Å². The molecule has 0 aliphatic heterocycles. The molecule has 0 unspecified atom stereocenters. The first-order valence-electron chi connectivity index (χ1n) is 6.01. The van der Waals surface area contributed by atoms with E-state index < -0.39 is 9.84 Å². The monoisotopic (exact) mass is 300 g/mol. The molecule has 0 radical (unpaired) electrons. The second-order valence-electron chi connectivity index (χ2n) is 4.49. The number of tetrazole rings is 1. The summed E-state index contributed by atoms with van der Waals surface area (Å²) in [6.07, 6.45) is 0.500. The summed E-state index contributed by atoms with van der Waals surface area (Å²) < 4.78 is 23.3. The van der Waals surface area contributed by atoms with Crippen LogP contribution in [-0.2, 0) is 16.4 Å². The molecule has 0 aliphatic rings. The Hall–Kier alpha value is -1.28. The average Bonchev–Trinajstić information content (AvgIpc) is 2.98. The summed E-state index contributed by atoms with van der Waals surface area (Å²) >= 11 is 1.57. The van der Waals surface area contributed by atoms with Gasteiger partial charge in [-0.1, -0.05) is 0 Å². The van der Waals surface area contributed by atoms with E-state index in [0.29, 0.717) is 18.8 Å². The molecule has 2 rings (SSSR count). The lowest BCUT2D eigenvalue weighted by atomic mass is 10.3. The molecule has 0 aromatic carbocycles. The lowest BCUT2D eigenvalue weighted by Crippen LogP contribution is -2.19. The van der Waals surface area contributed by atoms with E-state index in [-0.39, 0.29) is 11.0 Å². The third-order valence-corrected chi connectivity index (χ3v) is 5.71. The number of rotatable bonds is 6. The second-order valence-corrected chi connectivity index (χ2v) is 7.95. The molecule has 0 saturated heterocycles. The minimum Gasteiger partial charge on any atom is -0.229 e. The van der Waals surface area contributed by atoms with E-state index in [1.54, 1.807) is 25.2 Å². The number of hydrogen-bond acceptors (Lipinski definition) is 6.